The Morgan fingerprint density at radius 2 is 1.75 bits per heavy atom. The molecule has 1 nitrogen and oxygen atoms in total. The predicted octanol–water partition coefficient (Wildman–Crippen LogP) is 4.80. The third-order valence-electron chi connectivity index (χ3n) is 5.52. The van der Waals surface area contributed by atoms with Gasteiger partial charge < -0.3 is 5.32 Å². The maximum absolute atomic E-state index is 3.79. The van der Waals surface area contributed by atoms with E-state index in [0.717, 1.165) is 0 Å². The monoisotopic (exact) mass is 271 g/mol. The molecule has 1 saturated carbocycles. The zero-order valence-electron chi connectivity index (χ0n) is 13.2. The molecule has 1 atom stereocenters. The van der Waals surface area contributed by atoms with Gasteiger partial charge in [-0.15, -0.1) is 0 Å². The summed E-state index contributed by atoms with van der Waals surface area (Å²) >= 11 is 0. The highest BCUT2D eigenvalue weighted by molar-refractivity contribution is 5.35. The lowest BCUT2D eigenvalue weighted by atomic mass is 9.87. The fourth-order valence-corrected chi connectivity index (χ4v) is 3.95. The van der Waals surface area contributed by atoms with Crippen molar-refractivity contribution in [1.82, 2.24) is 5.32 Å². The fraction of sp³-hybridized carbons (Fsp3) is 0.684. The molecule has 0 aliphatic heterocycles. The normalized spacial score (nSPS) is 22.5. The highest BCUT2D eigenvalue weighted by Gasteiger charge is 2.28. The van der Waals surface area contributed by atoms with Crippen LogP contribution in [0.3, 0.4) is 0 Å². The Labute approximate surface area is 124 Å². The Morgan fingerprint density at radius 3 is 2.50 bits per heavy atom. The second-order valence-electron chi connectivity index (χ2n) is 7.36. The molecule has 0 radical (unpaired) electrons. The Kier molecular flexibility index (Phi) is 4.16. The number of fused-ring (bicyclic) bond motifs is 1. The van der Waals surface area contributed by atoms with Gasteiger partial charge in [0, 0.05) is 12.6 Å². The summed E-state index contributed by atoms with van der Waals surface area (Å²) in [4.78, 5) is 0. The van der Waals surface area contributed by atoms with Gasteiger partial charge in [0.05, 0.1) is 0 Å². The van der Waals surface area contributed by atoms with Crippen LogP contribution in [0.4, 0.5) is 0 Å². The third kappa shape index (κ3) is 3.09. The van der Waals surface area contributed by atoms with Crippen LogP contribution in [0, 0.1) is 5.41 Å². The highest BCUT2D eigenvalue weighted by Crippen LogP contribution is 2.37. The van der Waals surface area contributed by atoms with Gasteiger partial charge >= 0.3 is 0 Å². The Balaban J connectivity index is 1.63. The van der Waals surface area contributed by atoms with Crippen molar-refractivity contribution in [1.29, 1.82) is 0 Å². The molecular weight excluding hydrogens is 242 g/mol. The molecule has 2 aliphatic carbocycles. The number of rotatable bonds is 4. The number of nitrogens with one attached hydrogen (secondary N) is 1. The highest BCUT2D eigenvalue weighted by atomic mass is 14.9. The largest absolute Gasteiger partial charge is 0.310 e. The third-order valence-corrected chi connectivity index (χ3v) is 5.52. The summed E-state index contributed by atoms with van der Waals surface area (Å²) in [5.74, 6) is 0. The molecule has 0 amide bonds. The van der Waals surface area contributed by atoms with Crippen molar-refractivity contribution in [3.63, 3.8) is 0 Å². The van der Waals surface area contributed by atoms with Gasteiger partial charge in [-0.05, 0) is 67.6 Å². The summed E-state index contributed by atoms with van der Waals surface area (Å²) in [5.41, 5.74) is 5.22. The van der Waals surface area contributed by atoms with Gasteiger partial charge in [0.15, 0.2) is 0 Å². The number of hydrogen-bond acceptors (Lipinski definition) is 1. The van der Waals surface area contributed by atoms with Crippen molar-refractivity contribution >= 4 is 0 Å². The van der Waals surface area contributed by atoms with E-state index in [1.807, 2.05) is 0 Å². The summed E-state index contributed by atoms with van der Waals surface area (Å²) in [6, 6.07) is 7.67. The molecule has 1 unspecified atom stereocenters. The van der Waals surface area contributed by atoms with E-state index in [1.165, 1.54) is 63.5 Å². The fourth-order valence-electron chi connectivity index (χ4n) is 3.95. The molecule has 1 aromatic carbocycles. The summed E-state index contributed by atoms with van der Waals surface area (Å²) < 4.78 is 0. The van der Waals surface area contributed by atoms with Gasteiger partial charge in [0.1, 0.15) is 0 Å². The SMILES string of the molecule is CC(NCC1(C)CCCC1)c1ccc2c(c1)CCCC2. The van der Waals surface area contributed by atoms with Gasteiger partial charge in [-0.1, -0.05) is 38.0 Å². The quantitative estimate of drug-likeness (QED) is 0.829. The summed E-state index contributed by atoms with van der Waals surface area (Å²) in [6.45, 7) is 5.95. The van der Waals surface area contributed by atoms with Crippen LogP contribution in [0.2, 0.25) is 0 Å². The van der Waals surface area contributed by atoms with Crippen molar-refractivity contribution in [3.8, 4) is 0 Å². The zero-order valence-corrected chi connectivity index (χ0v) is 13.2. The van der Waals surface area contributed by atoms with Crippen molar-refractivity contribution < 1.29 is 0 Å². The smallest absolute Gasteiger partial charge is 0.0292 e. The van der Waals surface area contributed by atoms with Crippen LogP contribution in [-0.4, -0.2) is 6.54 Å². The molecular formula is C19H29N. The molecule has 20 heavy (non-hydrogen) atoms. The Morgan fingerprint density at radius 1 is 1.05 bits per heavy atom. The maximum Gasteiger partial charge on any atom is 0.0292 e. The van der Waals surface area contributed by atoms with Crippen LogP contribution in [0.1, 0.15) is 75.1 Å². The van der Waals surface area contributed by atoms with Crippen LogP contribution in [0.5, 0.6) is 0 Å². The first-order valence-corrected chi connectivity index (χ1v) is 8.51. The molecule has 1 aromatic rings. The van der Waals surface area contributed by atoms with Crippen LogP contribution in [0.15, 0.2) is 18.2 Å². The molecule has 1 fully saturated rings. The molecule has 0 aromatic heterocycles. The minimum Gasteiger partial charge on any atom is -0.310 e. The maximum atomic E-state index is 3.79. The average Bonchev–Trinajstić information content (AvgIpc) is 2.91. The van der Waals surface area contributed by atoms with Gasteiger partial charge in [0.25, 0.3) is 0 Å². The van der Waals surface area contributed by atoms with Crippen molar-refractivity contribution in [2.75, 3.05) is 6.54 Å². The van der Waals surface area contributed by atoms with E-state index in [-0.39, 0.29) is 0 Å². The molecule has 1 N–H and O–H groups in total. The topological polar surface area (TPSA) is 12.0 Å². The number of aryl methyl sites for hydroxylation is 2. The van der Waals surface area contributed by atoms with Crippen LogP contribution < -0.4 is 5.32 Å². The molecule has 0 spiro atoms. The van der Waals surface area contributed by atoms with Crippen LogP contribution in [-0.2, 0) is 12.8 Å². The van der Waals surface area contributed by atoms with Gasteiger partial charge in [-0.3, -0.25) is 0 Å². The minimum absolute atomic E-state index is 0.486. The van der Waals surface area contributed by atoms with E-state index in [4.69, 9.17) is 0 Å². The number of benzene rings is 1. The zero-order chi connectivity index (χ0) is 14.0. The van der Waals surface area contributed by atoms with Crippen molar-refractivity contribution in [2.24, 2.45) is 5.41 Å². The Hall–Kier alpha value is -0.820. The van der Waals surface area contributed by atoms with Gasteiger partial charge in [-0.25, -0.2) is 0 Å². The molecule has 2 aliphatic rings. The molecule has 110 valence electrons. The van der Waals surface area contributed by atoms with E-state index >= 15 is 0 Å². The van der Waals surface area contributed by atoms with E-state index in [2.05, 4.69) is 37.4 Å². The first kappa shape index (κ1) is 14.1. The average molecular weight is 271 g/mol. The Bertz CT molecular complexity index is 457. The lowest BCUT2D eigenvalue weighted by Crippen LogP contribution is -2.31. The van der Waals surface area contributed by atoms with E-state index in [0.29, 0.717) is 11.5 Å². The van der Waals surface area contributed by atoms with Crippen molar-refractivity contribution in [2.45, 2.75) is 71.3 Å². The second kappa shape index (κ2) is 5.89. The summed E-state index contributed by atoms with van der Waals surface area (Å²) in [6.07, 6.45) is 11.0. The van der Waals surface area contributed by atoms with E-state index < -0.39 is 0 Å². The molecule has 0 heterocycles. The minimum atomic E-state index is 0.486. The van der Waals surface area contributed by atoms with Crippen LogP contribution >= 0.6 is 0 Å². The van der Waals surface area contributed by atoms with E-state index in [1.54, 1.807) is 11.1 Å². The first-order valence-electron chi connectivity index (χ1n) is 8.51. The first-order chi connectivity index (χ1) is 9.66. The molecule has 1 heteroatoms. The lowest BCUT2D eigenvalue weighted by molar-refractivity contribution is 0.302. The van der Waals surface area contributed by atoms with Gasteiger partial charge in [-0.2, -0.15) is 0 Å². The predicted molar refractivity (Wildman–Crippen MR) is 86.1 cm³/mol. The molecule has 3 rings (SSSR count). The van der Waals surface area contributed by atoms with Crippen LogP contribution in [0.25, 0.3) is 0 Å². The lowest BCUT2D eigenvalue weighted by Gasteiger charge is -2.27. The van der Waals surface area contributed by atoms with E-state index in [9.17, 15) is 0 Å². The molecule has 0 saturated heterocycles. The summed E-state index contributed by atoms with van der Waals surface area (Å²) in [7, 11) is 0. The second-order valence-corrected chi connectivity index (χ2v) is 7.36. The molecule has 0 bridgehead atoms. The summed E-state index contributed by atoms with van der Waals surface area (Å²) in [5, 5.41) is 3.79. The van der Waals surface area contributed by atoms with Gasteiger partial charge in [0.2, 0.25) is 0 Å². The van der Waals surface area contributed by atoms with Crippen molar-refractivity contribution in [3.05, 3.63) is 34.9 Å². The number of hydrogen-bond donors (Lipinski definition) is 1. The standard InChI is InChI=1S/C19H29N/c1-15(20-14-19(2)11-5-6-12-19)17-10-9-16-7-3-4-8-18(16)13-17/h9-10,13,15,20H,3-8,11-12,14H2,1-2H3.